The zero-order valence-corrected chi connectivity index (χ0v) is 19.8. The van der Waals surface area contributed by atoms with Crippen LogP contribution >= 0.6 is 0 Å². The van der Waals surface area contributed by atoms with Gasteiger partial charge in [0.05, 0.1) is 24.1 Å². The molecule has 0 unspecified atom stereocenters. The van der Waals surface area contributed by atoms with Gasteiger partial charge in [-0.1, -0.05) is 57.4 Å². The maximum Gasteiger partial charge on any atom is 0.234 e. The largest absolute Gasteiger partial charge is 0.393 e. The molecule has 0 saturated heterocycles. The predicted octanol–water partition coefficient (Wildman–Crippen LogP) is 2.81. The molecule has 1 amide bonds. The molecule has 31 heavy (non-hydrogen) atoms. The van der Waals surface area contributed by atoms with Crippen molar-refractivity contribution < 1.29 is 28.5 Å². The van der Waals surface area contributed by atoms with Gasteiger partial charge in [0.1, 0.15) is 0 Å². The number of aliphatic hydroxyl groups excluding tert-OH is 3. The maximum atomic E-state index is 11.7. The molecule has 180 valence electrons. The van der Waals surface area contributed by atoms with E-state index in [1.165, 1.54) is 0 Å². The highest BCUT2D eigenvalue weighted by Crippen LogP contribution is 2.36. The predicted molar refractivity (Wildman–Crippen MR) is 123 cm³/mol. The molecule has 7 nitrogen and oxygen atoms in total. The molecule has 0 aromatic heterocycles. The van der Waals surface area contributed by atoms with E-state index >= 15 is 0 Å². The molecule has 0 aromatic carbocycles. The molecule has 4 N–H and O–H groups in total. The summed E-state index contributed by atoms with van der Waals surface area (Å²) in [5, 5.41) is 30.7. The van der Waals surface area contributed by atoms with Crippen LogP contribution in [0, 0.1) is 11.8 Å². The highest BCUT2D eigenvalue weighted by Gasteiger charge is 2.39. The normalized spacial score (nSPS) is 25.5. The van der Waals surface area contributed by atoms with Crippen molar-refractivity contribution in [2.24, 2.45) is 11.8 Å². The number of hydrogen-bond donors (Lipinski definition) is 4. The van der Waals surface area contributed by atoms with E-state index < -0.39 is 34.2 Å². The summed E-state index contributed by atoms with van der Waals surface area (Å²) in [5.41, 5.74) is 0. The quantitative estimate of drug-likeness (QED) is 0.220. The monoisotopic (exact) mass is 459 g/mol. The Kier molecular flexibility index (Phi) is 13.3. The zero-order valence-electron chi connectivity index (χ0n) is 18.9. The van der Waals surface area contributed by atoms with Gasteiger partial charge in [0.2, 0.25) is 15.9 Å². The summed E-state index contributed by atoms with van der Waals surface area (Å²) >= 11 is 0. The van der Waals surface area contributed by atoms with Crippen molar-refractivity contribution in [1.29, 1.82) is 0 Å². The minimum atomic E-state index is -3.52. The number of carbonyl (C=O) groups excluding carboxylic acids is 1. The first kappa shape index (κ1) is 27.8. The molecule has 1 rings (SSSR count). The van der Waals surface area contributed by atoms with E-state index in [4.69, 9.17) is 0 Å². The van der Waals surface area contributed by atoms with E-state index in [9.17, 15) is 28.5 Å². The molecular formula is C23H41NO6S. The number of sulfonamides is 1. The van der Waals surface area contributed by atoms with Crippen molar-refractivity contribution in [1.82, 2.24) is 4.72 Å². The van der Waals surface area contributed by atoms with Crippen molar-refractivity contribution in [3.8, 4) is 0 Å². The fourth-order valence-electron chi connectivity index (χ4n) is 3.96. The Balaban J connectivity index is 2.42. The van der Waals surface area contributed by atoms with Crippen LogP contribution in [-0.2, 0) is 14.8 Å². The van der Waals surface area contributed by atoms with Crippen LogP contribution in [-0.4, -0.2) is 53.7 Å². The minimum Gasteiger partial charge on any atom is -0.393 e. The molecule has 0 heterocycles. The van der Waals surface area contributed by atoms with Crippen molar-refractivity contribution >= 4 is 15.9 Å². The van der Waals surface area contributed by atoms with E-state index in [2.05, 4.69) is 11.6 Å². The Bertz CT molecular complexity index is 676. The van der Waals surface area contributed by atoms with E-state index in [1.807, 2.05) is 18.2 Å². The molecular weight excluding hydrogens is 418 g/mol. The Hall–Kier alpha value is -1.22. The molecule has 1 saturated carbocycles. The van der Waals surface area contributed by atoms with E-state index in [-0.39, 0.29) is 24.0 Å². The number of unbranched alkanes of at least 4 members (excludes halogenated alkanes) is 3. The van der Waals surface area contributed by atoms with Gasteiger partial charge >= 0.3 is 0 Å². The zero-order chi connectivity index (χ0) is 23.3. The highest BCUT2D eigenvalue weighted by atomic mass is 32.2. The summed E-state index contributed by atoms with van der Waals surface area (Å²) in [7, 11) is -3.52. The summed E-state index contributed by atoms with van der Waals surface area (Å²) in [6, 6.07) is 0. The molecule has 0 aliphatic heterocycles. The van der Waals surface area contributed by atoms with Crippen LogP contribution in [0.4, 0.5) is 0 Å². The first-order valence-electron chi connectivity index (χ1n) is 11.6. The van der Waals surface area contributed by atoms with Gasteiger partial charge in [-0.2, -0.15) is 0 Å². The van der Waals surface area contributed by atoms with Crippen molar-refractivity contribution in [3.05, 3.63) is 24.3 Å². The number of allylic oxidation sites excluding steroid dienone is 2. The van der Waals surface area contributed by atoms with Crippen LogP contribution in [0.2, 0.25) is 0 Å². The van der Waals surface area contributed by atoms with E-state index in [0.29, 0.717) is 38.5 Å². The van der Waals surface area contributed by atoms with Gasteiger partial charge in [-0.15, -0.1) is 0 Å². The lowest BCUT2D eigenvalue weighted by Gasteiger charge is -2.19. The van der Waals surface area contributed by atoms with Gasteiger partial charge in [-0.05, 0) is 38.0 Å². The minimum absolute atomic E-state index is 0.0560. The number of hydrogen-bond acceptors (Lipinski definition) is 6. The van der Waals surface area contributed by atoms with Crippen LogP contribution in [0.25, 0.3) is 0 Å². The molecule has 1 fully saturated rings. The summed E-state index contributed by atoms with van der Waals surface area (Å²) in [6.45, 7) is 3.86. The average Bonchev–Trinajstić information content (AvgIpc) is 2.95. The van der Waals surface area contributed by atoms with Crippen LogP contribution < -0.4 is 4.72 Å². The molecule has 8 heteroatoms. The Morgan fingerprint density at radius 1 is 1.10 bits per heavy atom. The third-order valence-corrected chi connectivity index (χ3v) is 7.15. The van der Waals surface area contributed by atoms with Crippen LogP contribution in [0.15, 0.2) is 24.3 Å². The van der Waals surface area contributed by atoms with Gasteiger partial charge in [0.25, 0.3) is 0 Å². The summed E-state index contributed by atoms with van der Waals surface area (Å²) in [5.74, 6) is -0.860. The lowest BCUT2D eigenvalue weighted by Crippen LogP contribution is -2.32. The lowest BCUT2D eigenvalue weighted by atomic mass is 9.89. The molecule has 1 aliphatic carbocycles. The summed E-state index contributed by atoms with van der Waals surface area (Å²) in [4.78, 5) is 11.7. The third kappa shape index (κ3) is 11.3. The maximum absolute atomic E-state index is 11.7. The van der Waals surface area contributed by atoms with Crippen LogP contribution in [0.5, 0.6) is 0 Å². The van der Waals surface area contributed by atoms with Crippen LogP contribution in [0.1, 0.15) is 78.1 Å². The van der Waals surface area contributed by atoms with Gasteiger partial charge in [-0.3, -0.25) is 9.52 Å². The third-order valence-electron chi connectivity index (χ3n) is 5.67. The molecule has 0 bridgehead atoms. The van der Waals surface area contributed by atoms with E-state index in [0.717, 1.165) is 19.3 Å². The first-order chi connectivity index (χ1) is 14.7. The van der Waals surface area contributed by atoms with Gasteiger partial charge in [0, 0.05) is 18.8 Å². The number of rotatable bonds is 15. The first-order valence-corrected chi connectivity index (χ1v) is 13.3. The summed E-state index contributed by atoms with van der Waals surface area (Å²) in [6.07, 6.45) is 12.2. The van der Waals surface area contributed by atoms with Crippen molar-refractivity contribution in [3.63, 3.8) is 0 Å². The number of carbonyl (C=O) groups is 1. The number of aliphatic hydroxyl groups is 3. The molecule has 0 spiro atoms. The average molecular weight is 460 g/mol. The Morgan fingerprint density at radius 2 is 1.84 bits per heavy atom. The fraction of sp³-hybridized carbons (Fsp3) is 0.783. The topological polar surface area (TPSA) is 124 Å². The number of amides is 1. The highest BCUT2D eigenvalue weighted by molar-refractivity contribution is 7.90. The second-order valence-electron chi connectivity index (χ2n) is 8.50. The number of nitrogens with one attached hydrogen (secondary N) is 1. The molecule has 1 aliphatic rings. The van der Waals surface area contributed by atoms with Crippen molar-refractivity contribution in [2.75, 3.05) is 5.75 Å². The second kappa shape index (κ2) is 14.8. The Labute approximate surface area is 187 Å². The summed E-state index contributed by atoms with van der Waals surface area (Å²) < 4.78 is 25.2. The van der Waals surface area contributed by atoms with Gasteiger partial charge in [0.15, 0.2) is 0 Å². The van der Waals surface area contributed by atoms with E-state index in [1.54, 1.807) is 13.0 Å². The molecule has 0 aromatic rings. The fourth-order valence-corrected chi connectivity index (χ4v) is 5.05. The SMILES string of the molecule is CCCCC[C@@H](O)/C=C/[C@@H]1[C@@H](C/C=C\CCCC(=O)NS(=O)(=O)CCC)[C@@H](O)C[C@H]1O. The second-order valence-corrected chi connectivity index (χ2v) is 10.3. The Morgan fingerprint density at radius 3 is 2.52 bits per heavy atom. The standard InChI is InChI=1S/C23H41NO6S/c1-3-5-8-11-18(25)14-15-20-19(21(26)17-22(20)27)12-9-6-7-10-13-23(28)24-31(29,30)16-4-2/h6,9,14-15,18-22,25-27H,3-5,7-8,10-13,16-17H2,1-2H3,(H,24,28)/b9-6-,15-14+/t18-,19-,20-,21+,22-/m1/s1. The smallest absolute Gasteiger partial charge is 0.234 e. The molecule has 5 atom stereocenters. The lowest BCUT2D eigenvalue weighted by molar-refractivity contribution is -0.119. The molecule has 0 radical (unpaired) electrons. The van der Waals surface area contributed by atoms with Gasteiger partial charge in [-0.25, -0.2) is 8.42 Å². The van der Waals surface area contributed by atoms with Gasteiger partial charge < -0.3 is 15.3 Å². The van der Waals surface area contributed by atoms with Crippen LogP contribution in [0.3, 0.4) is 0 Å². The van der Waals surface area contributed by atoms with Crippen molar-refractivity contribution in [2.45, 2.75) is 96.4 Å².